The fourth-order valence-corrected chi connectivity index (χ4v) is 3.33. The van der Waals surface area contributed by atoms with Gasteiger partial charge in [-0.2, -0.15) is 0 Å². The minimum atomic E-state index is -0.264. The van der Waals surface area contributed by atoms with Crippen LogP contribution in [0.5, 0.6) is 5.75 Å². The van der Waals surface area contributed by atoms with Crippen molar-refractivity contribution in [3.05, 3.63) is 64.7 Å². The van der Waals surface area contributed by atoms with Crippen LogP contribution in [0.1, 0.15) is 31.8 Å². The smallest absolute Gasteiger partial charge is 0.253 e. The van der Waals surface area contributed by atoms with Crippen LogP contribution in [0.2, 0.25) is 0 Å². The molecular weight excluding hydrogens is 382 g/mol. The minimum Gasteiger partial charge on any atom is -0.497 e. The van der Waals surface area contributed by atoms with Gasteiger partial charge in [-0.25, -0.2) is 0 Å². The van der Waals surface area contributed by atoms with Crippen LogP contribution in [0.25, 0.3) is 0 Å². The third-order valence-corrected chi connectivity index (χ3v) is 5.43. The highest BCUT2D eigenvalue weighted by molar-refractivity contribution is 5.97. The number of carbonyl (C=O) groups is 3. The van der Waals surface area contributed by atoms with Crippen molar-refractivity contribution in [2.24, 2.45) is 0 Å². The summed E-state index contributed by atoms with van der Waals surface area (Å²) < 4.78 is 5.11. The summed E-state index contributed by atoms with van der Waals surface area (Å²) in [4.78, 5) is 40.8. The summed E-state index contributed by atoms with van der Waals surface area (Å²) in [5.41, 5.74) is 3.29. The Morgan fingerprint density at radius 1 is 0.867 bits per heavy atom. The Kier molecular flexibility index (Phi) is 6.72. The lowest BCUT2D eigenvalue weighted by Gasteiger charge is -2.35. The standard InChI is InChI=1S/C23H27N3O4/c1-16-4-5-19(14-17(16)2)22(28)24-15-21(27)25-10-12-26(13-11-25)23(29)18-6-8-20(30-3)9-7-18/h4-9,14H,10-13,15H2,1-3H3,(H,24,28). The van der Waals surface area contributed by atoms with Crippen molar-refractivity contribution in [3.8, 4) is 5.75 Å². The van der Waals surface area contributed by atoms with Gasteiger partial charge in [-0.15, -0.1) is 0 Å². The largest absolute Gasteiger partial charge is 0.497 e. The van der Waals surface area contributed by atoms with E-state index in [1.807, 2.05) is 26.0 Å². The number of carbonyl (C=O) groups excluding carboxylic acids is 3. The van der Waals surface area contributed by atoms with Crippen LogP contribution in [-0.4, -0.2) is 67.4 Å². The van der Waals surface area contributed by atoms with E-state index in [1.165, 1.54) is 0 Å². The van der Waals surface area contributed by atoms with Gasteiger partial charge in [0, 0.05) is 37.3 Å². The van der Waals surface area contributed by atoms with Crippen LogP contribution in [0, 0.1) is 13.8 Å². The molecule has 30 heavy (non-hydrogen) atoms. The molecule has 0 saturated carbocycles. The molecule has 0 unspecified atom stereocenters. The van der Waals surface area contributed by atoms with Gasteiger partial charge in [-0.1, -0.05) is 6.07 Å². The Morgan fingerprint density at radius 3 is 2.07 bits per heavy atom. The minimum absolute atomic E-state index is 0.0574. The van der Waals surface area contributed by atoms with Crippen LogP contribution in [0.3, 0.4) is 0 Å². The van der Waals surface area contributed by atoms with E-state index in [0.717, 1.165) is 11.1 Å². The number of ether oxygens (including phenoxy) is 1. The monoisotopic (exact) mass is 409 g/mol. The van der Waals surface area contributed by atoms with E-state index in [0.29, 0.717) is 43.1 Å². The number of amides is 3. The van der Waals surface area contributed by atoms with Crippen LogP contribution in [0.15, 0.2) is 42.5 Å². The van der Waals surface area contributed by atoms with E-state index in [1.54, 1.807) is 47.2 Å². The summed E-state index contributed by atoms with van der Waals surface area (Å²) in [6, 6.07) is 12.5. The van der Waals surface area contributed by atoms with Crippen LogP contribution in [0.4, 0.5) is 0 Å². The molecule has 7 nitrogen and oxygen atoms in total. The average Bonchev–Trinajstić information content (AvgIpc) is 2.78. The molecule has 3 amide bonds. The van der Waals surface area contributed by atoms with E-state index in [9.17, 15) is 14.4 Å². The molecule has 1 N–H and O–H groups in total. The van der Waals surface area contributed by atoms with Crippen molar-refractivity contribution < 1.29 is 19.1 Å². The van der Waals surface area contributed by atoms with Crippen LogP contribution < -0.4 is 10.1 Å². The molecule has 1 saturated heterocycles. The summed E-state index contributed by atoms with van der Waals surface area (Å²) in [6.07, 6.45) is 0. The summed E-state index contributed by atoms with van der Waals surface area (Å²) in [7, 11) is 1.58. The first-order valence-corrected chi connectivity index (χ1v) is 9.95. The maximum absolute atomic E-state index is 12.6. The molecule has 1 heterocycles. The second-order valence-corrected chi connectivity index (χ2v) is 7.38. The molecule has 0 atom stereocenters. The highest BCUT2D eigenvalue weighted by atomic mass is 16.5. The van der Waals surface area contributed by atoms with Crippen molar-refractivity contribution in [2.75, 3.05) is 39.8 Å². The number of aryl methyl sites for hydroxylation is 2. The number of piperazine rings is 1. The van der Waals surface area contributed by atoms with E-state index >= 15 is 0 Å². The van der Waals surface area contributed by atoms with Gasteiger partial charge in [-0.3, -0.25) is 14.4 Å². The molecule has 7 heteroatoms. The highest BCUT2D eigenvalue weighted by Crippen LogP contribution is 2.14. The van der Waals surface area contributed by atoms with Crippen LogP contribution in [-0.2, 0) is 4.79 Å². The van der Waals surface area contributed by atoms with Gasteiger partial charge in [0.25, 0.3) is 11.8 Å². The number of rotatable bonds is 5. The lowest BCUT2D eigenvalue weighted by Crippen LogP contribution is -2.52. The van der Waals surface area contributed by atoms with E-state index < -0.39 is 0 Å². The molecule has 0 aliphatic carbocycles. The number of nitrogens with zero attached hydrogens (tertiary/aromatic N) is 2. The zero-order valence-corrected chi connectivity index (χ0v) is 17.6. The molecule has 2 aromatic carbocycles. The number of nitrogens with one attached hydrogen (secondary N) is 1. The zero-order chi connectivity index (χ0) is 21.7. The van der Waals surface area contributed by atoms with Crippen molar-refractivity contribution in [1.82, 2.24) is 15.1 Å². The molecular formula is C23H27N3O4. The van der Waals surface area contributed by atoms with Crippen molar-refractivity contribution >= 4 is 17.7 Å². The van der Waals surface area contributed by atoms with Gasteiger partial charge in [0.1, 0.15) is 5.75 Å². The maximum Gasteiger partial charge on any atom is 0.253 e. The Bertz CT molecular complexity index is 932. The number of hydrogen-bond acceptors (Lipinski definition) is 4. The predicted molar refractivity (Wildman–Crippen MR) is 114 cm³/mol. The number of benzene rings is 2. The van der Waals surface area contributed by atoms with Crippen molar-refractivity contribution in [3.63, 3.8) is 0 Å². The lowest BCUT2D eigenvalue weighted by molar-refractivity contribution is -0.131. The topological polar surface area (TPSA) is 79.0 Å². The Labute approximate surface area is 176 Å². The normalized spacial score (nSPS) is 13.7. The van der Waals surface area contributed by atoms with Gasteiger partial charge < -0.3 is 19.9 Å². The van der Waals surface area contributed by atoms with Crippen LogP contribution >= 0.6 is 0 Å². The molecule has 2 aromatic rings. The SMILES string of the molecule is COc1ccc(C(=O)N2CCN(C(=O)CNC(=O)c3ccc(C)c(C)c3)CC2)cc1. The van der Waals surface area contributed by atoms with Gasteiger partial charge in [-0.05, 0) is 61.4 Å². The zero-order valence-electron chi connectivity index (χ0n) is 17.6. The van der Waals surface area contributed by atoms with E-state index in [2.05, 4.69) is 5.32 Å². The van der Waals surface area contributed by atoms with Gasteiger partial charge in [0.2, 0.25) is 5.91 Å². The molecule has 0 spiro atoms. The van der Waals surface area contributed by atoms with E-state index in [-0.39, 0.29) is 24.3 Å². The summed E-state index contributed by atoms with van der Waals surface area (Å²) in [5, 5.41) is 2.69. The fourth-order valence-electron chi connectivity index (χ4n) is 3.33. The molecule has 3 rings (SSSR count). The van der Waals surface area contributed by atoms with Gasteiger partial charge >= 0.3 is 0 Å². The first-order chi connectivity index (χ1) is 14.4. The number of methoxy groups -OCH3 is 1. The maximum atomic E-state index is 12.6. The second kappa shape index (κ2) is 9.43. The van der Waals surface area contributed by atoms with Gasteiger partial charge in [0.15, 0.2) is 0 Å². The third kappa shape index (κ3) is 4.97. The molecule has 1 fully saturated rings. The van der Waals surface area contributed by atoms with E-state index in [4.69, 9.17) is 4.74 Å². The molecule has 1 aliphatic heterocycles. The van der Waals surface area contributed by atoms with Gasteiger partial charge in [0.05, 0.1) is 13.7 Å². The Balaban J connectivity index is 1.48. The highest BCUT2D eigenvalue weighted by Gasteiger charge is 2.25. The first-order valence-electron chi connectivity index (χ1n) is 9.95. The molecule has 0 aromatic heterocycles. The number of hydrogen-bond donors (Lipinski definition) is 1. The molecule has 158 valence electrons. The third-order valence-electron chi connectivity index (χ3n) is 5.43. The van der Waals surface area contributed by atoms with Crippen molar-refractivity contribution in [1.29, 1.82) is 0 Å². The first kappa shape index (κ1) is 21.4. The quantitative estimate of drug-likeness (QED) is 0.820. The second-order valence-electron chi connectivity index (χ2n) is 7.38. The fraction of sp³-hybridized carbons (Fsp3) is 0.348. The Hall–Kier alpha value is -3.35. The molecule has 1 aliphatic rings. The summed E-state index contributed by atoms with van der Waals surface area (Å²) in [6.45, 7) is 5.69. The predicted octanol–water partition coefficient (Wildman–Crippen LogP) is 2.03. The summed E-state index contributed by atoms with van der Waals surface area (Å²) in [5.74, 6) is 0.223. The van der Waals surface area contributed by atoms with Crippen molar-refractivity contribution in [2.45, 2.75) is 13.8 Å². The molecule has 0 bridgehead atoms. The molecule has 0 radical (unpaired) electrons. The summed E-state index contributed by atoms with van der Waals surface area (Å²) >= 11 is 0. The average molecular weight is 409 g/mol. The Morgan fingerprint density at radius 2 is 1.47 bits per heavy atom. The lowest BCUT2D eigenvalue weighted by atomic mass is 10.1.